The number of hydrogen-bond acceptors (Lipinski definition) is 6. The summed E-state index contributed by atoms with van der Waals surface area (Å²) in [6.45, 7) is 5.08. The lowest BCUT2D eigenvalue weighted by Crippen LogP contribution is -2.18. The van der Waals surface area contributed by atoms with E-state index in [1.165, 1.54) is 10.6 Å². The van der Waals surface area contributed by atoms with E-state index in [0.29, 0.717) is 28.8 Å². The molecule has 0 saturated heterocycles. The minimum absolute atomic E-state index is 0.0182. The van der Waals surface area contributed by atoms with Crippen molar-refractivity contribution in [3.63, 3.8) is 0 Å². The molecule has 32 heavy (non-hydrogen) atoms. The molecule has 10 heteroatoms. The highest BCUT2D eigenvalue weighted by Crippen LogP contribution is 2.33. The first-order chi connectivity index (χ1) is 15.0. The van der Waals surface area contributed by atoms with Gasteiger partial charge in [-0.15, -0.1) is 0 Å². The molecule has 2 heterocycles. The van der Waals surface area contributed by atoms with E-state index >= 15 is 0 Å². The zero-order valence-corrected chi connectivity index (χ0v) is 19.7. The standard InChI is InChI=1S/C22H23ClFN3O4S/c1-5-6-32(29,30)12-17-10-19(15-7-14(3)21(28)27(4)11-15)26-22(25-17)31-20-13(2)8-16(24)9-18(20)23/h7-11H,5-6,12H2,1-4H3. The predicted octanol–water partition coefficient (Wildman–Crippen LogP) is 4.37. The Bertz CT molecular complexity index is 1290. The van der Waals surface area contributed by atoms with Crippen LogP contribution in [0.1, 0.15) is 30.2 Å². The molecule has 3 rings (SSSR count). The summed E-state index contributed by atoms with van der Waals surface area (Å²) < 4.78 is 45.6. The number of sulfone groups is 1. The second-order valence-electron chi connectivity index (χ2n) is 7.58. The second kappa shape index (κ2) is 9.38. The van der Waals surface area contributed by atoms with E-state index in [1.807, 2.05) is 0 Å². The van der Waals surface area contributed by atoms with E-state index in [2.05, 4.69) is 9.97 Å². The van der Waals surface area contributed by atoms with Gasteiger partial charge in [0.15, 0.2) is 15.6 Å². The van der Waals surface area contributed by atoms with Crippen molar-refractivity contribution < 1.29 is 17.5 Å². The molecule has 0 atom stereocenters. The maximum absolute atomic E-state index is 13.6. The lowest BCUT2D eigenvalue weighted by molar-refractivity contribution is 0.436. The predicted molar refractivity (Wildman–Crippen MR) is 121 cm³/mol. The Balaban J connectivity index is 2.14. The average Bonchev–Trinajstić information content (AvgIpc) is 2.67. The summed E-state index contributed by atoms with van der Waals surface area (Å²) >= 11 is 6.13. The van der Waals surface area contributed by atoms with E-state index in [0.717, 1.165) is 6.07 Å². The van der Waals surface area contributed by atoms with E-state index in [-0.39, 0.29) is 39.5 Å². The van der Waals surface area contributed by atoms with Crippen molar-refractivity contribution >= 4 is 21.4 Å². The molecule has 0 spiro atoms. The van der Waals surface area contributed by atoms with Gasteiger partial charge in [-0.3, -0.25) is 4.79 Å². The van der Waals surface area contributed by atoms with Gasteiger partial charge in [-0.25, -0.2) is 12.8 Å². The maximum Gasteiger partial charge on any atom is 0.322 e. The Morgan fingerprint density at radius 3 is 2.47 bits per heavy atom. The van der Waals surface area contributed by atoms with Crippen molar-refractivity contribution in [2.75, 3.05) is 5.75 Å². The number of ether oxygens (including phenoxy) is 1. The van der Waals surface area contributed by atoms with Crippen LogP contribution in [0.25, 0.3) is 11.3 Å². The number of nitrogens with zero attached hydrogens (tertiary/aromatic N) is 3. The van der Waals surface area contributed by atoms with Crippen LogP contribution in [0.5, 0.6) is 11.8 Å². The van der Waals surface area contributed by atoms with Crippen molar-refractivity contribution in [2.24, 2.45) is 7.05 Å². The van der Waals surface area contributed by atoms with Gasteiger partial charge in [0.2, 0.25) is 0 Å². The molecule has 3 aromatic rings. The maximum atomic E-state index is 13.6. The summed E-state index contributed by atoms with van der Waals surface area (Å²) in [5.41, 5.74) is 1.99. The summed E-state index contributed by atoms with van der Waals surface area (Å²) in [5, 5.41) is 0.0367. The summed E-state index contributed by atoms with van der Waals surface area (Å²) in [6.07, 6.45) is 2.08. The largest absolute Gasteiger partial charge is 0.422 e. The first kappa shape index (κ1) is 23.9. The molecule has 1 aromatic carbocycles. The van der Waals surface area contributed by atoms with Gasteiger partial charge in [0, 0.05) is 24.4 Å². The van der Waals surface area contributed by atoms with Crippen molar-refractivity contribution in [3.8, 4) is 23.0 Å². The molecule has 0 aliphatic carbocycles. The zero-order chi connectivity index (χ0) is 23.6. The molecule has 2 aromatic heterocycles. The van der Waals surface area contributed by atoms with Crippen LogP contribution in [-0.4, -0.2) is 28.7 Å². The van der Waals surface area contributed by atoms with E-state index in [4.69, 9.17) is 16.3 Å². The van der Waals surface area contributed by atoms with E-state index in [9.17, 15) is 17.6 Å². The van der Waals surface area contributed by atoms with Gasteiger partial charge >= 0.3 is 6.01 Å². The Morgan fingerprint density at radius 1 is 1.12 bits per heavy atom. The molecule has 7 nitrogen and oxygen atoms in total. The number of benzene rings is 1. The molecule has 0 unspecified atom stereocenters. The number of halogens is 2. The SMILES string of the molecule is CCCS(=O)(=O)Cc1cc(-c2cc(C)c(=O)n(C)c2)nc(Oc2c(C)cc(F)cc2Cl)n1. The minimum atomic E-state index is -3.39. The Kier molecular flexibility index (Phi) is 7.00. The number of pyridine rings is 1. The van der Waals surface area contributed by atoms with Gasteiger partial charge in [-0.2, -0.15) is 9.97 Å². The van der Waals surface area contributed by atoms with Crippen LogP contribution in [0.4, 0.5) is 4.39 Å². The minimum Gasteiger partial charge on any atom is -0.422 e. The smallest absolute Gasteiger partial charge is 0.322 e. The van der Waals surface area contributed by atoms with Crippen LogP contribution < -0.4 is 10.3 Å². The van der Waals surface area contributed by atoms with Gasteiger partial charge in [0.25, 0.3) is 5.56 Å². The molecule has 0 aliphatic rings. The van der Waals surface area contributed by atoms with Gasteiger partial charge < -0.3 is 9.30 Å². The highest BCUT2D eigenvalue weighted by atomic mass is 35.5. The molecule has 170 valence electrons. The molecule has 0 fully saturated rings. The molecular weight excluding hydrogens is 457 g/mol. The number of hydrogen-bond donors (Lipinski definition) is 0. The first-order valence-electron chi connectivity index (χ1n) is 9.88. The normalized spacial score (nSPS) is 11.6. The fourth-order valence-electron chi connectivity index (χ4n) is 3.28. The van der Waals surface area contributed by atoms with Gasteiger partial charge in [-0.1, -0.05) is 18.5 Å². The summed E-state index contributed by atoms with van der Waals surface area (Å²) in [6, 6.07) is 5.45. The first-order valence-corrected chi connectivity index (χ1v) is 12.1. The Labute approximate surface area is 190 Å². The van der Waals surface area contributed by atoms with Gasteiger partial charge in [0.1, 0.15) is 5.82 Å². The van der Waals surface area contributed by atoms with Crippen molar-refractivity contribution in [1.29, 1.82) is 0 Å². The summed E-state index contributed by atoms with van der Waals surface area (Å²) in [5.74, 6) is -0.622. The third-order valence-corrected chi connectivity index (χ3v) is 6.73. The van der Waals surface area contributed by atoms with Crippen LogP contribution in [0.15, 0.2) is 35.3 Å². The van der Waals surface area contributed by atoms with Crippen LogP contribution in [0.3, 0.4) is 0 Å². The van der Waals surface area contributed by atoms with Crippen molar-refractivity contribution in [1.82, 2.24) is 14.5 Å². The molecule has 0 saturated carbocycles. The van der Waals surface area contributed by atoms with Gasteiger partial charge in [0.05, 0.1) is 27.9 Å². The monoisotopic (exact) mass is 479 g/mol. The van der Waals surface area contributed by atoms with Crippen LogP contribution >= 0.6 is 11.6 Å². The van der Waals surface area contributed by atoms with Crippen LogP contribution in [-0.2, 0) is 22.6 Å². The number of aryl methyl sites for hydroxylation is 3. The van der Waals surface area contributed by atoms with Crippen LogP contribution in [0, 0.1) is 19.7 Å². The summed E-state index contributed by atoms with van der Waals surface area (Å²) in [7, 11) is -1.78. The lowest BCUT2D eigenvalue weighted by atomic mass is 10.1. The Hall–Kier alpha value is -2.78. The van der Waals surface area contributed by atoms with Crippen molar-refractivity contribution in [2.45, 2.75) is 32.9 Å². The lowest BCUT2D eigenvalue weighted by Gasteiger charge is -2.13. The van der Waals surface area contributed by atoms with E-state index < -0.39 is 15.7 Å². The highest BCUT2D eigenvalue weighted by Gasteiger charge is 2.18. The zero-order valence-electron chi connectivity index (χ0n) is 18.1. The molecule has 0 aliphatic heterocycles. The third-order valence-electron chi connectivity index (χ3n) is 4.69. The highest BCUT2D eigenvalue weighted by molar-refractivity contribution is 7.90. The Morgan fingerprint density at radius 2 is 1.84 bits per heavy atom. The number of rotatable bonds is 7. The topological polar surface area (TPSA) is 91.2 Å². The molecule has 0 radical (unpaired) electrons. The van der Waals surface area contributed by atoms with Gasteiger partial charge in [-0.05, 0) is 50.1 Å². The molecule has 0 amide bonds. The van der Waals surface area contributed by atoms with Crippen LogP contribution in [0.2, 0.25) is 5.02 Å². The quantitative estimate of drug-likeness (QED) is 0.499. The number of aromatic nitrogens is 3. The summed E-state index contributed by atoms with van der Waals surface area (Å²) in [4.78, 5) is 20.7. The average molecular weight is 480 g/mol. The molecule has 0 bridgehead atoms. The van der Waals surface area contributed by atoms with E-state index in [1.54, 1.807) is 46.1 Å². The second-order valence-corrected chi connectivity index (χ2v) is 10.2. The molecular formula is C22H23ClFN3O4S. The van der Waals surface area contributed by atoms with Crippen molar-refractivity contribution in [3.05, 3.63) is 68.5 Å². The fraction of sp³-hybridized carbons (Fsp3) is 0.318. The molecule has 0 N–H and O–H groups in total. The third kappa shape index (κ3) is 5.52. The fourth-order valence-corrected chi connectivity index (χ4v) is 4.93.